The van der Waals surface area contributed by atoms with E-state index in [1.165, 1.54) is 58.0 Å². The number of hydrogen-bond donors (Lipinski definition) is 1. The van der Waals surface area contributed by atoms with Crippen LogP contribution in [0.25, 0.3) is 43.6 Å². The first-order valence-electron chi connectivity index (χ1n) is 12.2. The minimum Gasteiger partial charge on any atom is -0.512 e. The molecule has 5 aromatic rings. The Hall–Kier alpha value is -3.33. The van der Waals surface area contributed by atoms with Crippen LogP contribution in [0.3, 0.4) is 0 Å². The maximum absolute atomic E-state index is 10.0. The molecular formula is C33H32IrNO2-. The van der Waals surface area contributed by atoms with Crippen LogP contribution >= 0.6 is 0 Å². The van der Waals surface area contributed by atoms with Gasteiger partial charge in [0, 0.05) is 38.1 Å². The SMILES string of the molecule is CC(=O)/C=C(/C)O.Cc1cccc2c1ccc1c(-c3[c-]c4ccccc4c(C(C)(C)C)c3)nccc12.[Ir]. The second-order valence-electron chi connectivity index (χ2n) is 10.3. The van der Waals surface area contributed by atoms with E-state index in [4.69, 9.17) is 10.1 Å². The van der Waals surface area contributed by atoms with Gasteiger partial charge in [-0.3, -0.25) is 9.78 Å². The van der Waals surface area contributed by atoms with Gasteiger partial charge in [0.2, 0.25) is 0 Å². The fourth-order valence-electron chi connectivity index (χ4n) is 4.67. The number of hydrogen-bond acceptors (Lipinski definition) is 3. The summed E-state index contributed by atoms with van der Waals surface area (Å²) in [5, 5.41) is 15.8. The van der Waals surface area contributed by atoms with Gasteiger partial charge >= 0.3 is 0 Å². The van der Waals surface area contributed by atoms with Crippen molar-refractivity contribution in [2.24, 2.45) is 0 Å². The molecule has 5 rings (SSSR count). The number of aromatic nitrogens is 1. The predicted molar refractivity (Wildman–Crippen MR) is 152 cm³/mol. The molecule has 1 N–H and O–H groups in total. The topological polar surface area (TPSA) is 50.2 Å². The number of carbonyl (C=O) groups excluding carboxylic acids is 1. The van der Waals surface area contributed by atoms with Gasteiger partial charge in [-0.15, -0.1) is 29.1 Å². The number of aliphatic hydroxyl groups excluding tert-OH is 1. The van der Waals surface area contributed by atoms with E-state index in [9.17, 15) is 4.79 Å². The largest absolute Gasteiger partial charge is 0.512 e. The van der Waals surface area contributed by atoms with E-state index >= 15 is 0 Å². The van der Waals surface area contributed by atoms with Crippen molar-refractivity contribution in [1.29, 1.82) is 0 Å². The van der Waals surface area contributed by atoms with Gasteiger partial charge in [0.25, 0.3) is 0 Å². The number of ketones is 1. The number of allylic oxidation sites excluding steroid dienone is 2. The number of fused-ring (bicyclic) bond motifs is 4. The molecule has 0 unspecified atom stereocenters. The average molecular weight is 667 g/mol. The van der Waals surface area contributed by atoms with E-state index in [1.54, 1.807) is 0 Å². The second-order valence-corrected chi connectivity index (χ2v) is 10.3. The van der Waals surface area contributed by atoms with Gasteiger partial charge in [0.1, 0.15) is 0 Å². The Labute approximate surface area is 232 Å². The standard InChI is InChI=1S/C28H24N.C5H8O2.Ir/c1-18-8-7-11-23-21(18)12-13-25-24(23)14-15-29-27(25)20-16-19-9-5-6-10-22(19)26(17-20)28(2,3)4;1-4(6)3-5(2)7;/h5-15,17H,1-4H3;3,6H,1-2H3;/q-1;;/b;4-3-;. The minimum absolute atomic E-state index is 0. The van der Waals surface area contributed by atoms with Crippen LogP contribution in [0, 0.1) is 13.0 Å². The molecule has 0 amide bonds. The van der Waals surface area contributed by atoms with Crippen molar-refractivity contribution in [3.05, 3.63) is 102 Å². The normalized spacial score (nSPS) is 11.7. The van der Waals surface area contributed by atoms with Crippen LogP contribution in [0.4, 0.5) is 0 Å². The summed E-state index contributed by atoms with van der Waals surface area (Å²) in [6.45, 7) is 11.8. The van der Waals surface area contributed by atoms with Crippen molar-refractivity contribution in [2.75, 3.05) is 0 Å². The quantitative estimate of drug-likeness (QED) is 0.0889. The molecule has 0 spiro atoms. The molecule has 37 heavy (non-hydrogen) atoms. The van der Waals surface area contributed by atoms with Gasteiger partial charge in [-0.05, 0) is 59.4 Å². The zero-order valence-corrected chi connectivity index (χ0v) is 24.5. The maximum atomic E-state index is 10.0. The minimum atomic E-state index is -0.125. The molecule has 4 heteroatoms. The van der Waals surface area contributed by atoms with E-state index in [0.29, 0.717) is 0 Å². The number of nitrogens with zero attached hydrogens (tertiary/aromatic N) is 1. The van der Waals surface area contributed by atoms with Crippen LogP contribution in [-0.2, 0) is 30.3 Å². The van der Waals surface area contributed by atoms with Crippen molar-refractivity contribution in [1.82, 2.24) is 4.98 Å². The Morgan fingerprint density at radius 1 is 0.865 bits per heavy atom. The van der Waals surface area contributed by atoms with E-state index in [0.717, 1.165) is 16.6 Å². The summed E-state index contributed by atoms with van der Waals surface area (Å²) < 4.78 is 0. The Balaban J connectivity index is 0.000000422. The molecule has 0 atom stereocenters. The number of rotatable bonds is 2. The molecule has 191 valence electrons. The van der Waals surface area contributed by atoms with Crippen molar-refractivity contribution in [3.63, 3.8) is 0 Å². The molecule has 0 saturated heterocycles. The zero-order valence-electron chi connectivity index (χ0n) is 22.1. The maximum Gasteiger partial charge on any atom is 0.155 e. The number of aryl methyl sites for hydroxylation is 1. The summed E-state index contributed by atoms with van der Waals surface area (Å²) >= 11 is 0. The fourth-order valence-corrected chi connectivity index (χ4v) is 4.67. The molecule has 4 aromatic carbocycles. The monoisotopic (exact) mass is 667 g/mol. The summed E-state index contributed by atoms with van der Waals surface area (Å²) in [7, 11) is 0. The van der Waals surface area contributed by atoms with Gasteiger partial charge < -0.3 is 5.11 Å². The Morgan fingerprint density at radius 3 is 2.16 bits per heavy atom. The van der Waals surface area contributed by atoms with Crippen LogP contribution in [0.1, 0.15) is 45.7 Å². The van der Waals surface area contributed by atoms with Crippen molar-refractivity contribution in [3.8, 4) is 11.3 Å². The number of carbonyl (C=O) groups is 1. The summed E-state index contributed by atoms with van der Waals surface area (Å²) in [4.78, 5) is 14.8. The third kappa shape index (κ3) is 6.15. The van der Waals surface area contributed by atoms with E-state index in [-0.39, 0.29) is 37.1 Å². The molecule has 1 radical (unpaired) electrons. The molecule has 0 fully saturated rings. The van der Waals surface area contributed by atoms with Gasteiger partial charge in [-0.25, -0.2) is 0 Å². The van der Waals surface area contributed by atoms with Crippen LogP contribution < -0.4 is 0 Å². The summed E-state index contributed by atoms with van der Waals surface area (Å²) in [5.74, 6) is -0.0625. The Morgan fingerprint density at radius 2 is 1.51 bits per heavy atom. The predicted octanol–water partition coefficient (Wildman–Crippen LogP) is 8.65. The first-order chi connectivity index (χ1) is 17.1. The smallest absolute Gasteiger partial charge is 0.155 e. The number of pyridine rings is 1. The zero-order chi connectivity index (χ0) is 26.0. The van der Waals surface area contributed by atoms with Crippen molar-refractivity contribution < 1.29 is 30.0 Å². The first-order valence-corrected chi connectivity index (χ1v) is 12.2. The van der Waals surface area contributed by atoms with Gasteiger partial charge in [0.15, 0.2) is 5.78 Å². The molecular weight excluding hydrogens is 635 g/mol. The van der Waals surface area contributed by atoms with E-state index in [1.807, 2.05) is 6.20 Å². The van der Waals surface area contributed by atoms with Crippen LogP contribution in [0.15, 0.2) is 84.8 Å². The molecule has 0 aliphatic rings. The number of benzene rings is 4. The van der Waals surface area contributed by atoms with Crippen LogP contribution in [0.2, 0.25) is 0 Å². The Kier molecular flexibility index (Phi) is 8.68. The number of aliphatic hydroxyl groups is 1. The molecule has 1 aromatic heterocycles. The average Bonchev–Trinajstić information content (AvgIpc) is 2.82. The van der Waals surface area contributed by atoms with Crippen LogP contribution in [0.5, 0.6) is 0 Å². The van der Waals surface area contributed by atoms with E-state index in [2.05, 4.69) is 100 Å². The fraction of sp³-hybridized carbons (Fsp3) is 0.212. The second kappa shape index (κ2) is 11.4. The third-order valence-electron chi connectivity index (χ3n) is 6.27. The third-order valence-corrected chi connectivity index (χ3v) is 6.27. The van der Waals surface area contributed by atoms with Crippen molar-refractivity contribution in [2.45, 2.75) is 47.0 Å². The summed E-state index contributed by atoms with van der Waals surface area (Å²) in [6, 6.07) is 27.6. The summed E-state index contributed by atoms with van der Waals surface area (Å²) in [5.41, 5.74) is 4.73. The van der Waals surface area contributed by atoms with Crippen molar-refractivity contribution >= 4 is 38.1 Å². The molecule has 0 aliphatic heterocycles. The summed E-state index contributed by atoms with van der Waals surface area (Å²) in [6.07, 6.45) is 3.10. The molecule has 1 heterocycles. The van der Waals surface area contributed by atoms with Crippen LogP contribution in [-0.4, -0.2) is 15.9 Å². The molecule has 0 saturated carbocycles. The molecule has 0 aliphatic carbocycles. The first kappa shape index (κ1) is 28.2. The van der Waals surface area contributed by atoms with Gasteiger partial charge in [-0.1, -0.05) is 80.3 Å². The molecule has 3 nitrogen and oxygen atoms in total. The van der Waals surface area contributed by atoms with Gasteiger partial charge in [-0.2, -0.15) is 0 Å². The molecule has 0 bridgehead atoms. The Bertz CT molecular complexity index is 1620. The van der Waals surface area contributed by atoms with Gasteiger partial charge in [0.05, 0.1) is 5.76 Å². The van der Waals surface area contributed by atoms with E-state index < -0.39 is 0 Å².